The van der Waals surface area contributed by atoms with Gasteiger partial charge in [0.1, 0.15) is 0 Å². The average Bonchev–Trinajstić information content (AvgIpc) is 2.27. The summed E-state index contributed by atoms with van der Waals surface area (Å²) in [6.45, 7) is 2.08. The molecule has 0 heterocycles. The smallest absolute Gasteiger partial charge is 0.324 e. The zero-order valence-corrected chi connectivity index (χ0v) is 11.2. The van der Waals surface area contributed by atoms with E-state index in [4.69, 9.17) is 5.73 Å². The summed E-state index contributed by atoms with van der Waals surface area (Å²) in [7, 11) is 0. The van der Waals surface area contributed by atoms with Gasteiger partial charge in [0.25, 0.3) is 0 Å². The number of benzene rings is 1. The first-order chi connectivity index (χ1) is 8.44. The van der Waals surface area contributed by atoms with Gasteiger partial charge in [0, 0.05) is 10.9 Å². The third kappa shape index (κ3) is 5.31. The van der Waals surface area contributed by atoms with Crippen LogP contribution in [0.2, 0.25) is 0 Å². The molecule has 1 nitrogen and oxygen atoms in total. The number of hydrogen-bond acceptors (Lipinski definition) is 2. The molecule has 0 saturated carbocycles. The second-order valence-electron chi connectivity index (χ2n) is 4.19. The van der Waals surface area contributed by atoms with Crippen LogP contribution in [0.1, 0.15) is 44.2 Å². The molecule has 1 rings (SSSR count). The highest BCUT2D eigenvalue weighted by Gasteiger charge is 2.30. The first kappa shape index (κ1) is 15.4. The number of nitrogens with two attached hydrogens (primary N) is 1. The second kappa shape index (κ2) is 7.04. The molecule has 0 aliphatic heterocycles. The summed E-state index contributed by atoms with van der Waals surface area (Å²) in [5.41, 5.74) is 2.30. The van der Waals surface area contributed by atoms with Crippen molar-refractivity contribution in [3.63, 3.8) is 0 Å². The molecular weight excluding hydrogens is 259 g/mol. The van der Waals surface area contributed by atoms with Crippen molar-refractivity contribution < 1.29 is 13.2 Å². The van der Waals surface area contributed by atoms with Crippen LogP contribution >= 0.6 is 11.8 Å². The van der Waals surface area contributed by atoms with Gasteiger partial charge in [0.15, 0.2) is 0 Å². The van der Waals surface area contributed by atoms with E-state index in [1.54, 1.807) is 18.2 Å². The van der Waals surface area contributed by atoms with Crippen LogP contribution in [0, 0.1) is 0 Å². The van der Waals surface area contributed by atoms with Crippen LogP contribution in [0.15, 0.2) is 29.2 Å². The van der Waals surface area contributed by atoms with Crippen molar-refractivity contribution in [1.29, 1.82) is 0 Å². The van der Waals surface area contributed by atoms with Crippen molar-refractivity contribution in [3.8, 4) is 0 Å². The Bertz CT molecular complexity index is 365. The summed E-state index contributed by atoms with van der Waals surface area (Å²) < 4.78 is 37.2. The first-order valence-electron chi connectivity index (χ1n) is 6.04. The van der Waals surface area contributed by atoms with Crippen molar-refractivity contribution in [3.05, 3.63) is 29.8 Å². The molecule has 18 heavy (non-hydrogen) atoms. The van der Waals surface area contributed by atoms with Crippen molar-refractivity contribution in [2.24, 2.45) is 5.73 Å². The highest BCUT2D eigenvalue weighted by molar-refractivity contribution is 8.00. The zero-order valence-electron chi connectivity index (χ0n) is 10.3. The fourth-order valence-electron chi connectivity index (χ4n) is 1.77. The first-order valence-corrected chi connectivity index (χ1v) is 6.86. The molecule has 5 heteroatoms. The Morgan fingerprint density at radius 3 is 2.50 bits per heavy atom. The number of rotatable bonds is 6. The Morgan fingerprint density at radius 1 is 1.22 bits per heavy atom. The quantitative estimate of drug-likeness (QED) is 0.592. The Balaban J connectivity index is 2.74. The van der Waals surface area contributed by atoms with Gasteiger partial charge in [-0.15, -0.1) is 0 Å². The molecule has 0 aromatic heterocycles. The lowest BCUT2D eigenvalue weighted by Crippen LogP contribution is -2.12. The lowest BCUT2D eigenvalue weighted by molar-refractivity contribution is -0.0328. The van der Waals surface area contributed by atoms with E-state index in [2.05, 4.69) is 6.92 Å². The maximum absolute atomic E-state index is 12.4. The van der Waals surface area contributed by atoms with Crippen molar-refractivity contribution in [2.45, 2.75) is 49.1 Å². The minimum absolute atomic E-state index is 0.0851. The molecule has 2 N–H and O–H groups in total. The summed E-state index contributed by atoms with van der Waals surface area (Å²) in [4.78, 5) is 0.217. The van der Waals surface area contributed by atoms with Gasteiger partial charge in [-0.05, 0) is 29.8 Å². The van der Waals surface area contributed by atoms with Crippen LogP contribution in [0.3, 0.4) is 0 Å². The number of halogens is 3. The minimum atomic E-state index is -4.26. The second-order valence-corrected chi connectivity index (χ2v) is 5.29. The van der Waals surface area contributed by atoms with Crippen molar-refractivity contribution in [2.75, 3.05) is 0 Å². The molecule has 0 aliphatic carbocycles. The molecule has 1 aromatic rings. The number of thioether (sulfide) groups is 1. The van der Waals surface area contributed by atoms with Crippen LogP contribution < -0.4 is 5.73 Å². The molecule has 0 unspecified atom stereocenters. The Kier molecular flexibility index (Phi) is 6.02. The molecule has 102 valence electrons. The van der Waals surface area contributed by atoms with E-state index in [-0.39, 0.29) is 22.7 Å². The van der Waals surface area contributed by atoms with Crippen LogP contribution in [0.4, 0.5) is 13.2 Å². The molecule has 0 saturated heterocycles. The normalized spacial score (nSPS) is 13.6. The van der Waals surface area contributed by atoms with Gasteiger partial charge in [-0.25, -0.2) is 0 Å². The fraction of sp³-hybridized carbons (Fsp3) is 0.538. The lowest BCUT2D eigenvalue weighted by Gasteiger charge is -2.16. The van der Waals surface area contributed by atoms with Gasteiger partial charge in [-0.3, -0.25) is 0 Å². The van der Waals surface area contributed by atoms with Gasteiger partial charge in [0.05, 0.1) is 0 Å². The molecule has 0 amide bonds. The Labute approximate surface area is 110 Å². The summed E-state index contributed by atoms with van der Waals surface area (Å²) in [6.07, 6.45) is 3.81. The number of hydrogen-bond donors (Lipinski definition) is 1. The van der Waals surface area contributed by atoms with Crippen LogP contribution in [0.25, 0.3) is 0 Å². The third-order valence-electron chi connectivity index (χ3n) is 2.66. The molecule has 0 spiro atoms. The van der Waals surface area contributed by atoms with Gasteiger partial charge in [-0.2, -0.15) is 13.2 Å². The number of alkyl halides is 3. The SMILES string of the molecule is CCCCC[C@@H](N)c1ccccc1SC(F)(F)F. The maximum atomic E-state index is 12.4. The van der Waals surface area contributed by atoms with E-state index in [1.807, 2.05) is 0 Å². The Hall–Kier alpha value is -0.680. The van der Waals surface area contributed by atoms with Gasteiger partial charge in [0.2, 0.25) is 0 Å². The van der Waals surface area contributed by atoms with Gasteiger partial charge in [-0.1, -0.05) is 44.4 Å². The molecule has 0 fully saturated rings. The molecule has 0 aliphatic rings. The molecule has 1 aromatic carbocycles. The zero-order chi connectivity index (χ0) is 13.6. The average molecular weight is 277 g/mol. The summed E-state index contributed by atoms with van der Waals surface area (Å²) >= 11 is -0.0851. The molecule has 0 radical (unpaired) electrons. The predicted octanol–water partition coefficient (Wildman–Crippen LogP) is 4.88. The summed E-state index contributed by atoms with van der Waals surface area (Å²) in [5.74, 6) is 0. The highest BCUT2D eigenvalue weighted by Crippen LogP contribution is 2.40. The predicted molar refractivity (Wildman–Crippen MR) is 69.4 cm³/mol. The van der Waals surface area contributed by atoms with Gasteiger partial charge < -0.3 is 5.73 Å². The molecule has 1 atom stereocenters. The molecule has 0 bridgehead atoms. The van der Waals surface area contributed by atoms with E-state index < -0.39 is 5.51 Å². The van der Waals surface area contributed by atoms with E-state index in [1.165, 1.54) is 6.07 Å². The van der Waals surface area contributed by atoms with Crippen molar-refractivity contribution in [1.82, 2.24) is 0 Å². The Morgan fingerprint density at radius 2 is 1.89 bits per heavy atom. The molecular formula is C13H18F3NS. The lowest BCUT2D eigenvalue weighted by atomic mass is 10.0. The minimum Gasteiger partial charge on any atom is -0.324 e. The fourth-order valence-corrected chi connectivity index (χ4v) is 2.51. The van der Waals surface area contributed by atoms with Crippen LogP contribution in [0.5, 0.6) is 0 Å². The van der Waals surface area contributed by atoms with E-state index >= 15 is 0 Å². The van der Waals surface area contributed by atoms with Crippen molar-refractivity contribution >= 4 is 11.8 Å². The summed E-state index contributed by atoms with van der Waals surface area (Å²) in [5, 5.41) is 0. The monoisotopic (exact) mass is 277 g/mol. The van der Waals surface area contributed by atoms with Gasteiger partial charge >= 0.3 is 5.51 Å². The van der Waals surface area contributed by atoms with E-state index in [9.17, 15) is 13.2 Å². The highest BCUT2D eigenvalue weighted by atomic mass is 32.2. The number of unbranched alkanes of at least 4 members (excludes halogenated alkanes) is 2. The van der Waals surface area contributed by atoms with E-state index in [0.29, 0.717) is 5.56 Å². The largest absolute Gasteiger partial charge is 0.446 e. The summed E-state index contributed by atoms with van der Waals surface area (Å²) in [6, 6.07) is 6.19. The maximum Gasteiger partial charge on any atom is 0.446 e. The van der Waals surface area contributed by atoms with Crippen LogP contribution in [-0.2, 0) is 0 Å². The van der Waals surface area contributed by atoms with Crippen LogP contribution in [-0.4, -0.2) is 5.51 Å². The third-order valence-corrected chi connectivity index (χ3v) is 3.49. The van der Waals surface area contributed by atoms with E-state index in [0.717, 1.165) is 25.7 Å². The topological polar surface area (TPSA) is 26.0 Å². The standard InChI is InChI=1S/C13H18F3NS/c1-2-3-4-8-11(17)10-7-5-6-9-12(10)18-13(14,15)16/h5-7,9,11H,2-4,8,17H2,1H3/t11-/m1/s1.